The number of hydrogen-bond donors (Lipinski definition) is 1. The summed E-state index contributed by atoms with van der Waals surface area (Å²) in [6.45, 7) is 2.65. The van der Waals surface area contributed by atoms with E-state index in [0.29, 0.717) is 18.1 Å². The Balaban J connectivity index is 1.33. The molecule has 29 heavy (non-hydrogen) atoms. The minimum atomic E-state index is -0.188. The average molecular weight is 406 g/mol. The maximum absolute atomic E-state index is 12.6. The van der Waals surface area contributed by atoms with Gasteiger partial charge in [0.05, 0.1) is 17.1 Å². The van der Waals surface area contributed by atoms with Gasteiger partial charge in [-0.05, 0) is 46.9 Å². The number of hydrogen-bond acceptors (Lipinski definition) is 5. The van der Waals surface area contributed by atoms with Crippen LogP contribution in [0.3, 0.4) is 0 Å². The van der Waals surface area contributed by atoms with Crippen molar-refractivity contribution < 1.29 is 9.53 Å². The highest BCUT2D eigenvalue weighted by atomic mass is 32.2. The van der Waals surface area contributed by atoms with Crippen LogP contribution in [0.25, 0.3) is 5.57 Å². The molecular formula is C23H23N3O2S. The topological polar surface area (TPSA) is 67.9 Å². The highest BCUT2D eigenvalue weighted by Gasteiger charge is 2.43. The minimum Gasteiger partial charge on any atom is -0.365 e. The van der Waals surface area contributed by atoms with Gasteiger partial charge >= 0.3 is 0 Å². The van der Waals surface area contributed by atoms with Crippen LogP contribution in [0.5, 0.6) is 0 Å². The molecule has 0 radical (unpaired) electrons. The van der Waals surface area contributed by atoms with Crippen molar-refractivity contribution >= 4 is 28.4 Å². The number of carbonyl (C=O) groups is 1. The molecule has 1 spiro atoms. The zero-order chi connectivity index (χ0) is 19.8. The lowest BCUT2D eigenvalue weighted by Gasteiger charge is -2.39. The molecular weight excluding hydrogens is 382 g/mol. The lowest BCUT2D eigenvalue weighted by Crippen LogP contribution is -2.44. The summed E-state index contributed by atoms with van der Waals surface area (Å²) in [5.74, 6) is -0.183. The Bertz CT molecular complexity index is 1010. The Labute approximate surface area is 174 Å². The number of likely N-dealkylation sites (tertiary alicyclic amines) is 1. The first-order valence-electron chi connectivity index (χ1n) is 9.97. The first-order chi connectivity index (χ1) is 14.2. The number of rotatable bonds is 2. The molecule has 6 heteroatoms. The summed E-state index contributed by atoms with van der Waals surface area (Å²) in [4.78, 5) is 19.9. The van der Waals surface area contributed by atoms with Gasteiger partial charge in [0.2, 0.25) is 0 Å². The Hall–Kier alpha value is -2.41. The summed E-state index contributed by atoms with van der Waals surface area (Å²) in [5.41, 5.74) is 10.3. The smallest absolute Gasteiger partial charge is 0.286 e. The van der Waals surface area contributed by atoms with Gasteiger partial charge in [0.25, 0.3) is 5.91 Å². The summed E-state index contributed by atoms with van der Waals surface area (Å²) in [5, 5.41) is 0.785. The molecule has 1 saturated heterocycles. The molecule has 0 bridgehead atoms. The first kappa shape index (κ1) is 18.6. The molecule has 5 rings (SSSR count). The Morgan fingerprint density at radius 3 is 2.59 bits per heavy atom. The minimum absolute atomic E-state index is 0.183. The van der Waals surface area contributed by atoms with Gasteiger partial charge in [-0.15, -0.1) is 0 Å². The lowest BCUT2D eigenvalue weighted by molar-refractivity contribution is -0.113. The molecule has 0 saturated carbocycles. The second kappa shape index (κ2) is 7.44. The summed E-state index contributed by atoms with van der Waals surface area (Å²) in [7, 11) is 0. The van der Waals surface area contributed by atoms with Gasteiger partial charge in [0.1, 0.15) is 0 Å². The summed E-state index contributed by atoms with van der Waals surface area (Å²) in [6, 6.07) is 18.4. The third-order valence-corrected chi connectivity index (χ3v) is 7.20. The van der Waals surface area contributed by atoms with Crippen molar-refractivity contribution in [1.29, 1.82) is 0 Å². The number of aliphatic imine (C=N–C) groups is 1. The largest absolute Gasteiger partial charge is 0.365 e. The van der Waals surface area contributed by atoms with Gasteiger partial charge < -0.3 is 15.4 Å². The third-order valence-electron chi connectivity index (χ3n) is 6.04. The molecule has 1 fully saturated rings. The van der Waals surface area contributed by atoms with E-state index in [1.165, 1.54) is 22.9 Å². The number of benzene rings is 2. The molecule has 2 aromatic carbocycles. The van der Waals surface area contributed by atoms with E-state index in [1.54, 1.807) is 0 Å². The number of amidine groups is 1. The molecule has 148 valence electrons. The van der Waals surface area contributed by atoms with E-state index >= 15 is 0 Å². The van der Waals surface area contributed by atoms with Crippen LogP contribution in [0.2, 0.25) is 0 Å². The fourth-order valence-electron chi connectivity index (χ4n) is 4.46. The quantitative estimate of drug-likeness (QED) is 0.775. The predicted octanol–water partition coefficient (Wildman–Crippen LogP) is 3.51. The highest BCUT2D eigenvalue weighted by Crippen LogP contribution is 2.45. The van der Waals surface area contributed by atoms with E-state index in [9.17, 15) is 4.79 Å². The lowest BCUT2D eigenvalue weighted by atomic mass is 9.84. The third kappa shape index (κ3) is 3.21. The van der Waals surface area contributed by atoms with Gasteiger partial charge in [0.15, 0.2) is 5.17 Å². The molecule has 2 N–H and O–H groups in total. The van der Waals surface area contributed by atoms with E-state index in [4.69, 9.17) is 10.5 Å². The van der Waals surface area contributed by atoms with Gasteiger partial charge in [-0.3, -0.25) is 4.79 Å². The number of amides is 1. The van der Waals surface area contributed by atoms with E-state index < -0.39 is 0 Å². The molecule has 5 nitrogen and oxygen atoms in total. The molecule has 0 aliphatic carbocycles. The van der Waals surface area contributed by atoms with Gasteiger partial charge in [-0.25, -0.2) is 0 Å². The second-order valence-electron chi connectivity index (χ2n) is 7.61. The standard InChI is InChI=1S/C23H23N3O2S/c24-14-18(16-6-2-1-3-7-16)20-21(27)25-22(29-20)26-12-10-23(11-13-26)19-9-5-4-8-17(19)15-28-23/h1-9H,10-15,24H2. The predicted molar refractivity (Wildman–Crippen MR) is 116 cm³/mol. The number of thioether (sulfide) groups is 1. The van der Waals surface area contributed by atoms with Crippen LogP contribution in [-0.2, 0) is 21.7 Å². The fraction of sp³-hybridized carbons (Fsp3) is 0.304. The Kier molecular flexibility index (Phi) is 4.78. The van der Waals surface area contributed by atoms with Crippen LogP contribution in [0.4, 0.5) is 0 Å². The number of carbonyl (C=O) groups excluding carboxylic acids is 1. The van der Waals surface area contributed by atoms with Crippen LogP contribution < -0.4 is 5.73 Å². The fourth-order valence-corrected chi connectivity index (χ4v) is 5.54. The molecule has 3 aliphatic rings. The highest BCUT2D eigenvalue weighted by molar-refractivity contribution is 8.18. The monoisotopic (exact) mass is 405 g/mol. The number of nitrogens with zero attached hydrogens (tertiary/aromatic N) is 2. The molecule has 0 atom stereocenters. The second-order valence-corrected chi connectivity index (χ2v) is 8.58. The molecule has 1 amide bonds. The van der Waals surface area contributed by atoms with Crippen LogP contribution in [0.1, 0.15) is 29.5 Å². The zero-order valence-electron chi connectivity index (χ0n) is 16.1. The number of nitrogens with two attached hydrogens (primary N) is 1. The van der Waals surface area contributed by atoms with E-state index in [2.05, 4.69) is 34.2 Å². The molecule has 3 aliphatic heterocycles. The van der Waals surface area contributed by atoms with Gasteiger partial charge in [0, 0.05) is 19.6 Å². The van der Waals surface area contributed by atoms with E-state index in [1.807, 2.05) is 30.3 Å². The van der Waals surface area contributed by atoms with Crippen LogP contribution >= 0.6 is 11.8 Å². The van der Waals surface area contributed by atoms with Crippen molar-refractivity contribution in [2.45, 2.75) is 25.0 Å². The van der Waals surface area contributed by atoms with Crippen LogP contribution in [0.15, 0.2) is 64.5 Å². The van der Waals surface area contributed by atoms with Crippen molar-refractivity contribution in [2.24, 2.45) is 10.7 Å². The average Bonchev–Trinajstić information content (AvgIpc) is 3.32. The maximum Gasteiger partial charge on any atom is 0.286 e. The number of piperidine rings is 1. The van der Waals surface area contributed by atoms with Gasteiger partial charge in [-0.1, -0.05) is 54.6 Å². The molecule has 2 aromatic rings. The van der Waals surface area contributed by atoms with Crippen molar-refractivity contribution in [3.63, 3.8) is 0 Å². The zero-order valence-corrected chi connectivity index (χ0v) is 17.0. The summed E-state index contributed by atoms with van der Waals surface area (Å²) < 4.78 is 6.25. The summed E-state index contributed by atoms with van der Waals surface area (Å²) in [6.07, 6.45) is 1.80. The van der Waals surface area contributed by atoms with Crippen molar-refractivity contribution in [3.05, 3.63) is 76.2 Å². The molecule has 3 heterocycles. The molecule has 0 unspecified atom stereocenters. The summed E-state index contributed by atoms with van der Waals surface area (Å²) >= 11 is 1.45. The van der Waals surface area contributed by atoms with Crippen molar-refractivity contribution in [1.82, 2.24) is 4.90 Å². The van der Waals surface area contributed by atoms with Crippen molar-refractivity contribution in [2.75, 3.05) is 19.6 Å². The van der Waals surface area contributed by atoms with Gasteiger partial charge in [-0.2, -0.15) is 4.99 Å². The maximum atomic E-state index is 12.6. The van der Waals surface area contributed by atoms with E-state index in [0.717, 1.165) is 42.2 Å². The SMILES string of the molecule is NCC(=C1SC(N2CCC3(CC2)OCc2ccccc23)=NC1=O)c1ccccc1. The molecule has 0 aromatic heterocycles. The Morgan fingerprint density at radius 1 is 1.10 bits per heavy atom. The Morgan fingerprint density at radius 2 is 1.83 bits per heavy atom. The normalized spacial score (nSPS) is 22.0. The first-order valence-corrected chi connectivity index (χ1v) is 10.8. The number of ether oxygens (including phenoxy) is 1. The van der Waals surface area contributed by atoms with E-state index in [-0.39, 0.29) is 11.5 Å². The van der Waals surface area contributed by atoms with Crippen molar-refractivity contribution in [3.8, 4) is 0 Å². The van der Waals surface area contributed by atoms with Crippen LogP contribution in [-0.4, -0.2) is 35.6 Å². The number of fused-ring (bicyclic) bond motifs is 2. The van der Waals surface area contributed by atoms with Crippen LogP contribution in [0, 0.1) is 0 Å².